The summed E-state index contributed by atoms with van der Waals surface area (Å²) >= 11 is 0. The summed E-state index contributed by atoms with van der Waals surface area (Å²) in [5, 5.41) is 22.2. The molecule has 3 bridgehead atoms. The zero-order valence-corrected chi connectivity index (χ0v) is 29.6. The van der Waals surface area contributed by atoms with Crippen LogP contribution in [0.25, 0.3) is 0 Å². The van der Waals surface area contributed by atoms with Crippen LogP contribution in [-0.4, -0.2) is 87.3 Å². The number of fused-ring (bicyclic) bond motifs is 3. The molecule has 1 spiro atoms. The first-order valence-corrected chi connectivity index (χ1v) is 18.1. The maximum Gasteiger partial charge on any atom is 0.307 e. The van der Waals surface area contributed by atoms with Gasteiger partial charge >= 0.3 is 11.9 Å². The average molecular weight is 685 g/mol. The Morgan fingerprint density at radius 2 is 1.73 bits per heavy atom. The van der Waals surface area contributed by atoms with Crippen molar-refractivity contribution in [1.82, 2.24) is 0 Å². The molecule has 6 fully saturated rings. The molecule has 0 aromatic carbocycles. The van der Waals surface area contributed by atoms with E-state index in [1.165, 1.54) is 52.4 Å². The molecule has 2 unspecified atom stereocenters. The first-order valence-electron chi connectivity index (χ1n) is 18.1. The minimum Gasteiger partial charge on any atom is -0.459 e. The zero-order chi connectivity index (χ0) is 35.2. The number of ketones is 1. The van der Waals surface area contributed by atoms with E-state index in [1.807, 2.05) is 32.1 Å². The number of carbonyl (C=O) groups is 2. The van der Waals surface area contributed by atoms with Gasteiger partial charge in [-0.2, -0.15) is 0 Å². The standard InChI is InChI=1S/C38H52O11/c1-8-9-10-11-12-13-14-15-16-17-18-19-35-45-31-27-30-34(21-39,44-30)32-38(47-33(7,42)46-32)26(20-23(4)28(38)41)37(27,49-35)24(5)29(43-25(6)40)36(31,48-35)22(2)3/h16-20,24,26-27,29-32,39,42H,2,8-15,21H2,1,3-7H3/b17-16+,19-18+/t24-,26-,27+,29-,30-,31+,32+,33-,34+,35?,36-,37?,38+/m0/s1. The third kappa shape index (κ3) is 4.76. The van der Waals surface area contributed by atoms with E-state index in [9.17, 15) is 19.8 Å². The van der Waals surface area contributed by atoms with Crippen LogP contribution < -0.4 is 0 Å². The van der Waals surface area contributed by atoms with E-state index in [-0.39, 0.29) is 0 Å². The molecule has 0 aromatic heterocycles. The van der Waals surface area contributed by atoms with Gasteiger partial charge in [-0.15, -0.1) is 0 Å². The largest absolute Gasteiger partial charge is 0.459 e. The van der Waals surface area contributed by atoms with Crippen molar-refractivity contribution in [1.29, 1.82) is 0 Å². The third-order valence-corrected chi connectivity index (χ3v) is 12.2. The number of rotatable bonds is 13. The molecule has 7 rings (SSSR count). The number of ether oxygens (including phenoxy) is 7. The first-order chi connectivity index (χ1) is 23.2. The summed E-state index contributed by atoms with van der Waals surface area (Å²) in [5.74, 6) is -7.02. The van der Waals surface area contributed by atoms with E-state index in [0.29, 0.717) is 11.1 Å². The molecule has 13 atom stereocenters. The minimum atomic E-state index is -2.16. The van der Waals surface area contributed by atoms with Crippen molar-refractivity contribution in [2.24, 2.45) is 17.8 Å². The van der Waals surface area contributed by atoms with Crippen LogP contribution in [0, 0.1) is 17.8 Å². The van der Waals surface area contributed by atoms with Crippen LogP contribution in [0.15, 0.2) is 48.1 Å². The van der Waals surface area contributed by atoms with E-state index in [4.69, 9.17) is 33.2 Å². The molecule has 0 aromatic rings. The van der Waals surface area contributed by atoms with Gasteiger partial charge in [-0.05, 0) is 37.8 Å². The number of carbonyl (C=O) groups excluding carboxylic acids is 2. The number of Topliss-reactive ketones (excluding diaryl/α,β-unsaturated/α-hetero) is 1. The Labute approximate surface area is 288 Å². The molecule has 0 radical (unpaired) electrons. The van der Waals surface area contributed by atoms with Gasteiger partial charge in [-0.3, -0.25) is 9.59 Å². The maximum atomic E-state index is 14.4. The lowest BCUT2D eigenvalue weighted by molar-refractivity contribution is -0.409. The summed E-state index contributed by atoms with van der Waals surface area (Å²) in [7, 11) is 0. The predicted octanol–water partition coefficient (Wildman–Crippen LogP) is 4.70. The highest BCUT2D eigenvalue weighted by Crippen LogP contribution is 2.75. The molecule has 3 aliphatic carbocycles. The molecular weight excluding hydrogens is 632 g/mol. The second kappa shape index (κ2) is 11.9. The summed E-state index contributed by atoms with van der Waals surface area (Å²) in [6.45, 7) is 14.1. The molecule has 7 aliphatic rings. The number of epoxide rings is 1. The van der Waals surface area contributed by atoms with Gasteiger partial charge < -0.3 is 43.4 Å². The number of allylic oxidation sites excluding steroid dienone is 3. The van der Waals surface area contributed by atoms with Gasteiger partial charge in [0.2, 0.25) is 0 Å². The van der Waals surface area contributed by atoms with E-state index < -0.39 is 94.9 Å². The summed E-state index contributed by atoms with van der Waals surface area (Å²) in [6.07, 6.45) is 15.3. The molecule has 4 saturated heterocycles. The highest BCUT2D eigenvalue weighted by atomic mass is 16.9. The topological polar surface area (TPSA) is 143 Å². The number of esters is 1. The van der Waals surface area contributed by atoms with E-state index in [2.05, 4.69) is 19.6 Å². The second-order valence-electron chi connectivity index (χ2n) is 15.4. The fourth-order valence-corrected chi connectivity index (χ4v) is 10.2. The smallest absolute Gasteiger partial charge is 0.307 e. The molecule has 0 amide bonds. The third-order valence-electron chi connectivity index (χ3n) is 12.2. The van der Waals surface area contributed by atoms with Crippen molar-refractivity contribution in [2.45, 2.75) is 152 Å². The molecule has 2 N–H and O–H groups in total. The van der Waals surface area contributed by atoms with E-state index >= 15 is 0 Å². The zero-order valence-electron chi connectivity index (χ0n) is 29.6. The lowest BCUT2D eigenvalue weighted by Crippen LogP contribution is -2.76. The van der Waals surface area contributed by atoms with Crippen LogP contribution in [0.2, 0.25) is 0 Å². The Morgan fingerprint density at radius 3 is 2.41 bits per heavy atom. The molecule has 4 heterocycles. The van der Waals surface area contributed by atoms with Gasteiger partial charge in [-0.1, -0.05) is 83.3 Å². The normalized spacial score (nSPS) is 48.7. The number of hydrogen-bond acceptors (Lipinski definition) is 11. The Bertz CT molecular complexity index is 1480. The monoisotopic (exact) mass is 684 g/mol. The highest BCUT2D eigenvalue weighted by molar-refractivity contribution is 6.06. The van der Waals surface area contributed by atoms with Gasteiger partial charge in [-0.25, -0.2) is 0 Å². The molecule has 2 saturated carbocycles. The number of unbranched alkanes of at least 4 members (excludes halogenated alkanes) is 7. The summed E-state index contributed by atoms with van der Waals surface area (Å²) < 4.78 is 45.9. The maximum absolute atomic E-state index is 14.4. The molecular formula is C38H52O11. The second-order valence-corrected chi connectivity index (χ2v) is 15.4. The molecule has 270 valence electrons. The number of aliphatic hydroxyl groups excluding tert-OH is 1. The summed E-state index contributed by atoms with van der Waals surface area (Å²) in [4.78, 5) is 27.1. The van der Waals surface area contributed by atoms with Crippen molar-refractivity contribution in [2.75, 3.05) is 6.61 Å². The van der Waals surface area contributed by atoms with Gasteiger partial charge in [0.1, 0.15) is 30.0 Å². The lowest BCUT2D eigenvalue weighted by Gasteiger charge is -2.61. The van der Waals surface area contributed by atoms with Gasteiger partial charge in [0.25, 0.3) is 5.97 Å². The van der Waals surface area contributed by atoms with Crippen LogP contribution in [0.1, 0.15) is 92.9 Å². The SMILES string of the molecule is C=C(C)[C@@]12OC3(/C=C/C=C/CCCCCCCCC)O[C@@H]1[C@H]1[C@@H]4O[C@@]4(CO)[C@H]4O[C@](C)(O)O[C@]45C(=O)C(C)=C[C@H]5C1(O3)[C@@H](C)[C@@H]2OC(C)=O. The molecule has 11 nitrogen and oxygen atoms in total. The number of hydrogen-bond donors (Lipinski definition) is 2. The van der Waals surface area contributed by atoms with Crippen molar-refractivity contribution in [3.05, 3.63) is 48.1 Å². The molecule has 11 heteroatoms. The highest BCUT2D eigenvalue weighted by Gasteiger charge is 2.92. The quantitative estimate of drug-likeness (QED) is 0.0917. The van der Waals surface area contributed by atoms with Crippen molar-refractivity contribution in [3.8, 4) is 0 Å². The van der Waals surface area contributed by atoms with Crippen LogP contribution in [0.4, 0.5) is 0 Å². The van der Waals surface area contributed by atoms with Crippen LogP contribution in [0.5, 0.6) is 0 Å². The Morgan fingerprint density at radius 1 is 1.02 bits per heavy atom. The summed E-state index contributed by atoms with van der Waals surface area (Å²) in [5.41, 5.74) is -5.04. The van der Waals surface area contributed by atoms with Crippen LogP contribution in [-0.2, 0) is 42.7 Å². The summed E-state index contributed by atoms with van der Waals surface area (Å²) in [6, 6.07) is 0. The Balaban J connectivity index is 1.30. The van der Waals surface area contributed by atoms with Gasteiger partial charge in [0, 0.05) is 37.7 Å². The van der Waals surface area contributed by atoms with E-state index in [0.717, 1.165) is 12.8 Å². The van der Waals surface area contributed by atoms with Crippen LogP contribution >= 0.6 is 0 Å². The van der Waals surface area contributed by atoms with Crippen molar-refractivity contribution in [3.63, 3.8) is 0 Å². The van der Waals surface area contributed by atoms with Gasteiger partial charge in [0.05, 0.1) is 12.2 Å². The average Bonchev–Trinajstić information content (AvgIpc) is 3.54. The predicted molar refractivity (Wildman–Crippen MR) is 175 cm³/mol. The minimum absolute atomic E-state index is 0.394. The van der Waals surface area contributed by atoms with E-state index in [1.54, 1.807) is 13.0 Å². The molecule has 49 heavy (non-hydrogen) atoms. The first kappa shape index (κ1) is 35.2. The van der Waals surface area contributed by atoms with Crippen LogP contribution in [0.3, 0.4) is 0 Å². The fourth-order valence-electron chi connectivity index (χ4n) is 10.2. The Hall–Kier alpha value is -2.22. The molecule has 4 aliphatic heterocycles. The van der Waals surface area contributed by atoms with Gasteiger partial charge in [0.15, 0.2) is 17.0 Å². The number of aliphatic hydroxyl groups is 2. The van der Waals surface area contributed by atoms with Crippen molar-refractivity contribution < 1.29 is 53.0 Å². The lowest BCUT2D eigenvalue weighted by atomic mass is 9.53. The Kier molecular flexibility index (Phi) is 8.56. The van der Waals surface area contributed by atoms with Crippen molar-refractivity contribution >= 4 is 11.8 Å². The fraction of sp³-hybridized carbons (Fsp3) is 0.737.